The Bertz CT molecular complexity index is 453. The maximum atomic E-state index is 11.3. The van der Waals surface area contributed by atoms with Gasteiger partial charge < -0.3 is 10.1 Å². The van der Waals surface area contributed by atoms with Crippen LogP contribution in [0.25, 0.3) is 0 Å². The van der Waals surface area contributed by atoms with Crippen molar-refractivity contribution in [2.75, 3.05) is 0 Å². The van der Waals surface area contributed by atoms with Crippen molar-refractivity contribution in [1.82, 2.24) is 5.32 Å². The lowest BCUT2D eigenvalue weighted by atomic mass is 9.64. The standard InChI is InChI=1S/C16H21NO2/c1-4-15(18)17-13-10-14(16(13,2)3)19-11-12-8-6-5-7-9-12/h4-9,13-14H,1,10-11H2,2-3H3,(H,17,18). The van der Waals surface area contributed by atoms with Crippen molar-refractivity contribution in [2.24, 2.45) is 5.41 Å². The first kappa shape index (κ1) is 13.8. The Morgan fingerprint density at radius 3 is 2.74 bits per heavy atom. The van der Waals surface area contributed by atoms with Crippen LogP contribution in [0.1, 0.15) is 25.8 Å². The van der Waals surface area contributed by atoms with Gasteiger partial charge in [0.25, 0.3) is 0 Å². The normalized spacial score (nSPS) is 24.3. The molecule has 0 spiro atoms. The molecule has 19 heavy (non-hydrogen) atoms. The van der Waals surface area contributed by atoms with Gasteiger partial charge in [0.05, 0.1) is 12.7 Å². The number of benzene rings is 1. The Morgan fingerprint density at radius 2 is 2.16 bits per heavy atom. The van der Waals surface area contributed by atoms with Gasteiger partial charge in [-0.1, -0.05) is 50.8 Å². The van der Waals surface area contributed by atoms with Crippen LogP contribution in [0.15, 0.2) is 43.0 Å². The summed E-state index contributed by atoms with van der Waals surface area (Å²) in [4.78, 5) is 11.3. The molecule has 1 N–H and O–H groups in total. The van der Waals surface area contributed by atoms with Crippen LogP contribution in [-0.4, -0.2) is 18.1 Å². The molecule has 1 amide bonds. The van der Waals surface area contributed by atoms with Crippen molar-refractivity contribution < 1.29 is 9.53 Å². The molecule has 1 aromatic rings. The lowest BCUT2D eigenvalue weighted by Gasteiger charge is -2.51. The summed E-state index contributed by atoms with van der Waals surface area (Å²) in [6.45, 7) is 8.34. The van der Waals surface area contributed by atoms with Crippen LogP contribution in [0, 0.1) is 5.41 Å². The van der Waals surface area contributed by atoms with Crippen LogP contribution in [0.3, 0.4) is 0 Å². The van der Waals surface area contributed by atoms with Crippen LogP contribution >= 0.6 is 0 Å². The smallest absolute Gasteiger partial charge is 0.243 e. The van der Waals surface area contributed by atoms with Crippen molar-refractivity contribution in [2.45, 2.75) is 39.0 Å². The van der Waals surface area contributed by atoms with Crippen LogP contribution in [0.5, 0.6) is 0 Å². The zero-order chi connectivity index (χ0) is 13.9. The minimum atomic E-state index is -0.111. The van der Waals surface area contributed by atoms with Crippen LogP contribution < -0.4 is 5.32 Å². The van der Waals surface area contributed by atoms with E-state index in [1.54, 1.807) is 0 Å². The second kappa shape index (κ2) is 5.57. The molecule has 2 rings (SSSR count). The van der Waals surface area contributed by atoms with Gasteiger partial charge in [0.15, 0.2) is 0 Å². The molecule has 1 aliphatic rings. The Kier molecular flexibility index (Phi) is 4.05. The fraction of sp³-hybridized carbons (Fsp3) is 0.438. The first-order chi connectivity index (χ1) is 9.04. The molecule has 102 valence electrons. The highest BCUT2D eigenvalue weighted by Crippen LogP contribution is 2.43. The molecule has 3 heteroatoms. The van der Waals surface area contributed by atoms with Crippen molar-refractivity contribution >= 4 is 5.91 Å². The van der Waals surface area contributed by atoms with Gasteiger partial charge in [-0.3, -0.25) is 4.79 Å². The minimum absolute atomic E-state index is 0.0343. The second-order valence-corrected chi connectivity index (χ2v) is 5.61. The molecule has 1 aromatic carbocycles. The lowest BCUT2D eigenvalue weighted by molar-refractivity contribution is -0.137. The van der Waals surface area contributed by atoms with E-state index in [0.717, 1.165) is 6.42 Å². The fourth-order valence-corrected chi connectivity index (χ4v) is 2.41. The first-order valence-electron chi connectivity index (χ1n) is 6.62. The van der Waals surface area contributed by atoms with Gasteiger partial charge in [0.2, 0.25) is 5.91 Å². The summed E-state index contributed by atoms with van der Waals surface area (Å²) in [6, 6.07) is 10.3. The van der Waals surface area contributed by atoms with Gasteiger partial charge in [-0.05, 0) is 18.1 Å². The predicted molar refractivity (Wildman–Crippen MR) is 75.5 cm³/mol. The van der Waals surface area contributed by atoms with E-state index in [9.17, 15) is 4.79 Å². The third kappa shape index (κ3) is 3.04. The van der Waals surface area contributed by atoms with E-state index in [-0.39, 0.29) is 23.5 Å². The zero-order valence-electron chi connectivity index (χ0n) is 11.6. The summed E-state index contributed by atoms with van der Waals surface area (Å²) in [5, 5.41) is 2.95. The van der Waals surface area contributed by atoms with Crippen molar-refractivity contribution in [3.63, 3.8) is 0 Å². The number of hydrogen-bond acceptors (Lipinski definition) is 2. The summed E-state index contributed by atoms with van der Waals surface area (Å²) >= 11 is 0. The average molecular weight is 259 g/mol. The van der Waals surface area contributed by atoms with Gasteiger partial charge in [-0.2, -0.15) is 0 Å². The molecule has 2 unspecified atom stereocenters. The highest BCUT2D eigenvalue weighted by atomic mass is 16.5. The molecule has 0 aromatic heterocycles. The molecule has 3 nitrogen and oxygen atoms in total. The van der Waals surface area contributed by atoms with Crippen molar-refractivity contribution in [3.05, 3.63) is 48.6 Å². The predicted octanol–water partition coefficient (Wildman–Crippen LogP) is 2.67. The zero-order valence-corrected chi connectivity index (χ0v) is 11.6. The molecule has 1 aliphatic carbocycles. The molecule has 0 aliphatic heterocycles. The Labute approximate surface area is 114 Å². The summed E-state index contributed by atoms with van der Waals surface area (Å²) in [7, 11) is 0. The van der Waals surface area contributed by atoms with E-state index in [2.05, 4.69) is 37.9 Å². The number of carbonyl (C=O) groups excluding carboxylic acids is 1. The maximum Gasteiger partial charge on any atom is 0.243 e. The molecule has 0 heterocycles. The van der Waals surface area contributed by atoms with E-state index < -0.39 is 0 Å². The third-order valence-electron chi connectivity index (χ3n) is 3.97. The molecule has 0 radical (unpaired) electrons. The van der Waals surface area contributed by atoms with E-state index in [1.165, 1.54) is 11.6 Å². The minimum Gasteiger partial charge on any atom is -0.373 e. The van der Waals surface area contributed by atoms with E-state index in [1.807, 2.05) is 18.2 Å². The summed E-state index contributed by atoms with van der Waals surface area (Å²) < 4.78 is 5.95. The van der Waals surface area contributed by atoms with Crippen LogP contribution in [-0.2, 0) is 16.1 Å². The van der Waals surface area contributed by atoms with E-state index >= 15 is 0 Å². The van der Waals surface area contributed by atoms with E-state index in [0.29, 0.717) is 6.61 Å². The molecular formula is C16H21NO2. The van der Waals surface area contributed by atoms with Gasteiger partial charge in [0, 0.05) is 11.5 Å². The van der Waals surface area contributed by atoms with Gasteiger partial charge >= 0.3 is 0 Å². The molecule has 0 bridgehead atoms. The largest absolute Gasteiger partial charge is 0.373 e. The number of carbonyl (C=O) groups is 1. The van der Waals surface area contributed by atoms with Crippen LogP contribution in [0.2, 0.25) is 0 Å². The summed E-state index contributed by atoms with van der Waals surface area (Å²) in [6.07, 6.45) is 2.36. The molecule has 1 saturated carbocycles. The van der Waals surface area contributed by atoms with E-state index in [4.69, 9.17) is 4.74 Å². The maximum absolute atomic E-state index is 11.3. The number of hydrogen-bond donors (Lipinski definition) is 1. The highest BCUT2D eigenvalue weighted by Gasteiger charge is 2.49. The second-order valence-electron chi connectivity index (χ2n) is 5.61. The number of rotatable bonds is 5. The first-order valence-corrected chi connectivity index (χ1v) is 6.62. The number of nitrogens with one attached hydrogen (secondary N) is 1. The average Bonchev–Trinajstić information content (AvgIpc) is 2.42. The molecule has 2 atom stereocenters. The van der Waals surface area contributed by atoms with Gasteiger partial charge in [-0.15, -0.1) is 0 Å². The summed E-state index contributed by atoms with van der Waals surface area (Å²) in [5.74, 6) is -0.111. The molecular weight excluding hydrogens is 238 g/mol. The fourth-order valence-electron chi connectivity index (χ4n) is 2.41. The Hall–Kier alpha value is -1.61. The van der Waals surface area contributed by atoms with Crippen LogP contribution in [0.4, 0.5) is 0 Å². The van der Waals surface area contributed by atoms with Gasteiger partial charge in [-0.25, -0.2) is 0 Å². The number of ether oxygens (including phenoxy) is 1. The topological polar surface area (TPSA) is 38.3 Å². The number of amides is 1. The monoisotopic (exact) mass is 259 g/mol. The van der Waals surface area contributed by atoms with Gasteiger partial charge in [0.1, 0.15) is 0 Å². The Morgan fingerprint density at radius 1 is 1.47 bits per heavy atom. The lowest BCUT2D eigenvalue weighted by Crippen LogP contribution is -2.61. The highest BCUT2D eigenvalue weighted by molar-refractivity contribution is 5.87. The van der Waals surface area contributed by atoms with Crippen molar-refractivity contribution in [3.8, 4) is 0 Å². The van der Waals surface area contributed by atoms with Crippen molar-refractivity contribution in [1.29, 1.82) is 0 Å². The summed E-state index contributed by atoms with van der Waals surface area (Å²) in [5.41, 5.74) is 1.14. The Balaban J connectivity index is 1.84. The third-order valence-corrected chi connectivity index (χ3v) is 3.97. The molecule has 0 saturated heterocycles. The molecule has 1 fully saturated rings. The quantitative estimate of drug-likeness (QED) is 0.826. The SMILES string of the molecule is C=CC(=O)NC1CC(OCc2ccccc2)C1(C)C.